The summed E-state index contributed by atoms with van der Waals surface area (Å²) in [7, 11) is 0. The van der Waals surface area contributed by atoms with E-state index in [4.69, 9.17) is 0 Å². The van der Waals surface area contributed by atoms with Gasteiger partial charge in [-0.2, -0.15) is 0 Å². The molecule has 0 heterocycles. The van der Waals surface area contributed by atoms with Crippen molar-refractivity contribution in [3.63, 3.8) is 0 Å². The van der Waals surface area contributed by atoms with E-state index in [-0.39, 0.29) is 0 Å². The van der Waals surface area contributed by atoms with Crippen LogP contribution in [0.3, 0.4) is 0 Å². The van der Waals surface area contributed by atoms with E-state index in [0.717, 1.165) is 18.2 Å². The van der Waals surface area contributed by atoms with Gasteiger partial charge in [0.05, 0.1) is 0 Å². The molecule has 0 rings (SSSR count). The number of carbonyl (C=O) groups excluding carboxylic acids is 1. The summed E-state index contributed by atoms with van der Waals surface area (Å²) in [4.78, 5) is 11.0. The summed E-state index contributed by atoms with van der Waals surface area (Å²) in [5.41, 5.74) is 0. The molecule has 1 nitrogen and oxygen atoms in total. The lowest BCUT2D eigenvalue weighted by Gasteiger charge is -1.97. The topological polar surface area (TPSA) is 17.1 Å². The molecule has 0 aliphatic heterocycles. The Morgan fingerprint density at radius 2 is 1.91 bits per heavy atom. The minimum atomic E-state index is 0.401. The molecule has 0 aromatic heterocycles. The second kappa shape index (κ2) is 8.25. The highest BCUT2D eigenvalue weighted by atomic mass is 79.9. The third-order valence-corrected chi connectivity index (χ3v) is 2.08. The lowest BCUT2D eigenvalue weighted by atomic mass is 10.1. The highest BCUT2D eigenvalue weighted by molar-refractivity contribution is 9.09. The maximum atomic E-state index is 11.0. The van der Waals surface area contributed by atoms with Crippen LogP contribution in [0, 0.1) is 0 Å². The lowest BCUT2D eigenvalue weighted by molar-refractivity contribution is -0.118. The molecule has 0 N–H and O–H groups in total. The standard InChI is InChI=1S/C9H17BrO/c1-2-3-4-5-6-9(11)7-8-10/h2-8H2,1H3. The van der Waals surface area contributed by atoms with Crippen LogP contribution in [0.15, 0.2) is 0 Å². The molecule has 0 bridgehead atoms. The molecule has 0 spiro atoms. The van der Waals surface area contributed by atoms with E-state index >= 15 is 0 Å². The molecule has 66 valence electrons. The molecule has 0 fully saturated rings. The molecule has 0 saturated heterocycles. The molecule has 0 amide bonds. The van der Waals surface area contributed by atoms with Gasteiger partial charge in [-0.05, 0) is 6.42 Å². The molecule has 0 aromatic rings. The number of Topliss-reactive ketones (excluding diaryl/α,β-unsaturated/α-hetero) is 1. The number of carbonyl (C=O) groups is 1. The SMILES string of the molecule is CCCCCCC(=O)CCBr. The van der Waals surface area contributed by atoms with Crippen LogP contribution in [-0.4, -0.2) is 11.1 Å². The summed E-state index contributed by atoms with van der Waals surface area (Å²) >= 11 is 3.25. The molecule has 0 radical (unpaired) electrons. The fraction of sp³-hybridized carbons (Fsp3) is 0.889. The number of halogens is 1. The van der Waals surface area contributed by atoms with E-state index in [0.29, 0.717) is 12.2 Å². The van der Waals surface area contributed by atoms with E-state index in [1.807, 2.05) is 0 Å². The Labute approximate surface area is 77.7 Å². The molecule has 0 aliphatic rings. The summed E-state index contributed by atoms with van der Waals surface area (Å²) in [6, 6.07) is 0. The van der Waals surface area contributed by atoms with Crippen molar-refractivity contribution in [2.24, 2.45) is 0 Å². The highest BCUT2D eigenvalue weighted by Crippen LogP contribution is 2.04. The molecule has 0 saturated carbocycles. The van der Waals surface area contributed by atoms with Gasteiger partial charge in [0.2, 0.25) is 0 Å². The van der Waals surface area contributed by atoms with Crippen LogP contribution in [0.5, 0.6) is 0 Å². The molecule has 0 aromatic carbocycles. The second-order valence-corrected chi connectivity index (χ2v) is 3.58. The molecular weight excluding hydrogens is 204 g/mol. The van der Waals surface area contributed by atoms with Crippen molar-refractivity contribution in [3.8, 4) is 0 Å². The third kappa shape index (κ3) is 8.05. The quantitative estimate of drug-likeness (QED) is 0.476. The molecule has 0 unspecified atom stereocenters. The summed E-state index contributed by atoms with van der Waals surface area (Å²) in [6.07, 6.45) is 6.29. The summed E-state index contributed by atoms with van der Waals surface area (Å²) in [5, 5.41) is 0.819. The van der Waals surface area contributed by atoms with Crippen LogP contribution in [0.2, 0.25) is 0 Å². The largest absolute Gasteiger partial charge is 0.300 e. The van der Waals surface area contributed by atoms with E-state index in [2.05, 4.69) is 22.9 Å². The van der Waals surface area contributed by atoms with E-state index < -0.39 is 0 Å². The van der Waals surface area contributed by atoms with Gasteiger partial charge in [0, 0.05) is 18.2 Å². The van der Waals surface area contributed by atoms with Crippen molar-refractivity contribution >= 4 is 21.7 Å². The van der Waals surface area contributed by atoms with Gasteiger partial charge in [0.1, 0.15) is 5.78 Å². The van der Waals surface area contributed by atoms with E-state index in [1.54, 1.807) is 0 Å². The van der Waals surface area contributed by atoms with E-state index in [9.17, 15) is 4.79 Å². The number of hydrogen-bond donors (Lipinski definition) is 0. The maximum Gasteiger partial charge on any atom is 0.133 e. The van der Waals surface area contributed by atoms with Crippen molar-refractivity contribution in [1.29, 1.82) is 0 Å². The zero-order chi connectivity index (χ0) is 8.53. The van der Waals surface area contributed by atoms with Gasteiger partial charge in [0.15, 0.2) is 0 Å². The van der Waals surface area contributed by atoms with Crippen LogP contribution in [-0.2, 0) is 4.79 Å². The van der Waals surface area contributed by atoms with Crippen molar-refractivity contribution in [1.82, 2.24) is 0 Å². The first kappa shape index (κ1) is 11.2. The van der Waals surface area contributed by atoms with Gasteiger partial charge < -0.3 is 0 Å². The number of alkyl halides is 1. The van der Waals surface area contributed by atoms with Crippen LogP contribution >= 0.6 is 15.9 Å². The molecule has 2 heteroatoms. The van der Waals surface area contributed by atoms with Crippen LogP contribution in [0.4, 0.5) is 0 Å². The fourth-order valence-electron chi connectivity index (χ4n) is 0.979. The van der Waals surface area contributed by atoms with Crippen molar-refractivity contribution < 1.29 is 4.79 Å². The van der Waals surface area contributed by atoms with Crippen molar-refractivity contribution in [3.05, 3.63) is 0 Å². The minimum absolute atomic E-state index is 0.401. The Hall–Kier alpha value is 0.150. The first-order valence-electron chi connectivity index (χ1n) is 4.39. The Balaban J connectivity index is 3.04. The zero-order valence-electron chi connectivity index (χ0n) is 7.24. The molecule has 11 heavy (non-hydrogen) atoms. The van der Waals surface area contributed by atoms with Crippen LogP contribution in [0.25, 0.3) is 0 Å². The lowest BCUT2D eigenvalue weighted by Crippen LogP contribution is -1.97. The number of ketones is 1. The summed E-state index contributed by atoms with van der Waals surface area (Å²) < 4.78 is 0. The Kier molecular flexibility index (Phi) is 8.36. The van der Waals surface area contributed by atoms with Crippen LogP contribution < -0.4 is 0 Å². The number of unbranched alkanes of at least 4 members (excludes halogenated alkanes) is 3. The van der Waals surface area contributed by atoms with Crippen LogP contribution in [0.1, 0.15) is 45.4 Å². The zero-order valence-corrected chi connectivity index (χ0v) is 8.82. The van der Waals surface area contributed by atoms with Crippen molar-refractivity contribution in [2.45, 2.75) is 45.4 Å². The van der Waals surface area contributed by atoms with Gasteiger partial charge >= 0.3 is 0 Å². The third-order valence-electron chi connectivity index (χ3n) is 1.68. The predicted molar refractivity (Wildman–Crippen MR) is 52.2 cm³/mol. The number of hydrogen-bond acceptors (Lipinski definition) is 1. The Morgan fingerprint density at radius 3 is 2.45 bits per heavy atom. The van der Waals surface area contributed by atoms with Gasteiger partial charge in [-0.1, -0.05) is 42.1 Å². The van der Waals surface area contributed by atoms with Gasteiger partial charge in [-0.25, -0.2) is 0 Å². The van der Waals surface area contributed by atoms with Crippen molar-refractivity contribution in [2.75, 3.05) is 5.33 Å². The molecule has 0 aliphatic carbocycles. The molecular formula is C9H17BrO. The highest BCUT2D eigenvalue weighted by Gasteiger charge is 1.98. The monoisotopic (exact) mass is 220 g/mol. The van der Waals surface area contributed by atoms with Gasteiger partial charge in [0.25, 0.3) is 0 Å². The van der Waals surface area contributed by atoms with Gasteiger partial charge in [-0.15, -0.1) is 0 Å². The second-order valence-electron chi connectivity index (χ2n) is 2.79. The average Bonchev–Trinajstić information content (AvgIpc) is 1.99. The normalized spacial score (nSPS) is 10.0. The maximum absolute atomic E-state index is 11.0. The fourth-order valence-corrected chi connectivity index (χ4v) is 1.42. The minimum Gasteiger partial charge on any atom is -0.300 e. The first-order valence-corrected chi connectivity index (χ1v) is 5.51. The molecule has 0 atom stereocenters. The Morgan fingerprint density at radius 1 is 1.18 bits per heavy atom. The first-order chi connectivity index (χ1) is 5.31. The van der Waals surface area contributed by atoms with E-state index in [1.165, 1.54) is 19.3 Å². The summed E-state index contributed by atoms with van der Waals surface area (Å²) in [6.45, 7) is 2.18. The Bertz CT molecular complexity index is 102. The average molecular weight is 221 g/mol. The van der Waals surface area contributed by atoms with Gasteiger partial charge in [-0.3, -0.25) is 4.79 Å². The predicted octanol–water partition coefficient (Wildman–Crippen LogP) is 3.31. The number of rotatable bonds is 7. The summed E-state index contributed by atoms with van der Waals surface area (Å²) in [5.74, 6) is 0.401. The smallest absolute Gasteiger partial charge is 0.133 e.